The highest BCUT2D eigenvalue weighted by Crippen LogP contribution is 2.18. The van der Waals surface area contributed by atoms with E-state index < -0.39 is 6.10 Å². The maximum Gasteiger partial charge on any atom is 0.0916 e. The Kier molecular flexibility index (Phi) is 4.75. The zero-order chi connectivity index (χ0) is 13.0. The number of nitrogens with zero attached hydrogens (tertiary/aromatic N) is 1. The Morgan fingerprint density at radius 3 is 2.67 bits per heavy atom. The number of ether oxygens (including phenoxy) is 1. The van der Waals surface area contributed by atoms with E-state index in [4.69, 9.17) is 4.74 Å². The number of aliphatic hydroxyl groups excluding tert-OH is 1. The molecule has 1 N–H and O–H groups in total. The molecule has 3 nitrogen and oxygen atoms in total. The standard InChI is InChI=1S/C15H23NO2/c1-3-12-4-6-13(7-5-12)15(17)10-16(2)14-8-9-18-11-14/h4-7,14-15,17H,3,8-11H2,1-2H3. The molecule has 1 aromatic carbocycles. The van der Waals surface area contributed by atoms with E-state index in [9.17, 15) is 5.11 Å². The van der Waals surface area contributed by atoms with Gasteiger partial charge in [0.2, 0.25) is 0 Å². The largest absolute Gasteiger partial charge is 0.387 e. The third kappa shape index (κ3) is 3.31. The van der Waals surface area contributed by atoms with E-state index in [1.165, 1.54) is 5.56 Å². The first-order valence-electron chi connectivity index (χ1n) is 6.75. The van der Waals surface area contributed by atoms with Crippen LogP contribution in [-0.2, 0) is 11.2 Å². The molecule has 3 heteroatoms. The molecule has 0 saturated carbocycles. The highest BCUT2D eigenvalue weighted by Gasteiger charge is 2.22. The van der Waals surface area contributed by atoms with Crippen LogP contribution in [0.1, 0.15) is 30.6 Å². The summed E-state index contributed by atoms with van der Waals surface area (Å²) in [5.74, 6) is 0. The SMILES string of the molecule is CCc1ccc(C(O)CN(C)C2CCOC2)cc1. The zero-order valence-corrected chi connectivity index (χ0v) is 11.3. The quantitative estimate of drug-likeness (QED) is 0.866. The number of aryl methyl sites for hydroxylation is 1. The minimum Gasteiger partial charge on any atom is -0.387 e. The Balaban J connectivity index is 1.91. The number of hydrogen-bond acceptors (Lipinski definition) is 3. The van der Waals surface area contributed by atoms with Crippen molar-refractivity contribution in [2.24, 2.45) is 0 Å². The number of hydrogen-bond donors (Lipinski definition) is 1. The predicted molar refractivity (Wildman–Crippen MR) is 72.6 cm³/mol. The first kappa shape index (κ1) is 13.5. The van der Waals surface area contributed by atoms with E-state index in [0.717, 1.165) is 31.6 Å². The minimum absolute atomic E-state index is 0.415. The molecule has 0 amide bonds. The molecule has 2 atom stereocenters. The molecule has 18 heavy (non-hydrogen) atoms. The average molecular weight is 249 g/mol. The maximum atomic E-state index is 10.2. The van der Waals surface area contributed by atoms with Crippen molar-refractivity contribution in [3.63, 3.8) is 0 Å². The van der Waals surface area contributed by atoms with Crippen LogP contribution in [0.25, 0.3) is 0 Å². The fourth-order valence-corrected chi connectivity index (χ4v) is 2.37. The van der Waals surface area contributed by atoms with Crippen molar-refractivity contribution in [1.29, 1.82) is 0 Å². The first-order valence-corrected chi connectivity index (χ1v) is 6.75. The maximum absolute atomic E-state index is 10.2. The topological polar surface area (TPSA) is 32.7 Å². The highest BCUT2D eigenvalue weighted by atomic mass is 16.5. The summed E-state index contributed by atoms with van der Waals surface area (Å²) in [4.78, 5) is 2.20. The van der Waals surface area contributed by atoms with Crippen molar-refractivity contribution in [2.45, 2.75) is 31.9 Å². The molecule has 1 aromatic rings. The molecular weight excluding hydrogens is 226 g/mol. The van der Waals surface area contributed by atoms with Gasteiger partial charge >= 0.3 is 0 Å². The smallest absolute Gasteiger partial charge is 0.0916 e. The molecule has 1 aliphatic rings. The predicted octanol–water partition coefficient (Wildman–Crippen LogP) is 2.00. The lowest BCUT2D eigenvalue weighted by Crippen LogP contribution is -2.35. The van der Waals surface area contributed by atoms with Gasteiger partial charge in [-0.2, -0.15) is 0 Å². The van der Waals surface area contributed by atoms with E-state index in [1.54, 1.807) is 0 Å². The lowest BCUT2D eigenvalue weighted by Gasteiger charge is -2.25. The Morgan fingerprint density at radius 1 is 1.39 bits per heavy atom. The summed E-state index contributed by atoms with van der Waals surface area (Å²) in [6.07, 6.45) is 1.69. The molecule has 0 radical (unpaired) electrons. The molecule has 0 spiro atoms. The van der Waals surface area contributed by atoms with Gasteiger partial charge in [-0.1, -0.05) is 31.2 Å². The molecule has 1 fully saturated rings. The van der Waals surface area contributed by atoms with Crippen molar-refractivity contribution in [2.75, 3.05) is 26.8 Å². The van der Waals surface area contributed by atoms with Crippen LogP contribution in [-0.4, -0.2) is 42.9 Å². The molecule has 0 aromatic heterocycles. The van der Waals surface area contributed by atoms with Crippen LogP contribution in [0.4, 0.5) is 0 Å². The fraction of sp³-hybridized carbons (Fsp3) is 0.600. The van der Waals surface area contributed by atoms with Crippen molar-refractivity contribution >= 4 is 0 Å². The van der Waals surface area contributed by atoms with Crippen molar-refractivity contribution in [3.8, 4) is 0 Å². The fourth-order valence-electron chi connectivity index (χ4n) is 2.37. The summed E-state index contributed by atoms with van der Waals surface area (Å²) in [5.41, 5.74) is 2.31. The third-order valence-corrected chi connectivity index (χ3v) is 3.76. The Labute approximate surface area is 109 Å². The van der Waals surface area contributed by atoms with E-state index in [1.807, 2.05) is 12.1 Å². The summed E-state index contributed by atoms with van der Waals surface area (Å²) in [7, 11) is 2.06. The van der Waals surface area contributed by atoms with E-state index >= 15 is 0 Å². The normalized spacial score (nSPS) is 21.4. The van der Waals surface area contributed by atoms with Crippen molar-refractivity contribution < 1.29 is 9.84 Å². The molecule has 1 saturated heterocycles. The third-order valence-electron chi connectivity index (χ3n) is 3.76. The van der Waals surface area contributed by atoms with Crippen LogP contribution >= 0.6 is 0 Å². The van der Waals surface area contributed by atoms with Gasteiger partial charge in [0.15, 0.2) is 0 Å². The van der Waals surface area contributed by atoms with Crippen LogP contribution in [0.3, 0.4) is 0 Å². The van der Waals surface area contributed by atoms with Crippen LogP contribution in [0, 0.1) is 0 Å². The van der Waals surface area contributed by atoms with Crippen molar-refractivity contribution in [1.82, 2.24) is 4.90 Å². The van der Waals surface area contributed by atoms with E-state index in [0.29, 0.717) is 12.6 Å². The molecule has 100 valence electrons. The van der Waals surface area contributed by atoms with Gasteiger partial charge in [-0.3, -0.25) is 4.90 Å². The van der Waals surface area contributed by atoms with Crippen LogP contribution in [0.5, 0.6) is 0 Å². The summed E-state index contributed by atoms with van der Waals surface area (Å²) in [6.45, 7) is 4.44. The minimum atomic E-state index is -0.415. The monoisotopic (exact) mass is 249 g/mol. The second kappa shape index (κ2) is 6.32. The number of likely N-dealkylation sites (N-methyl/N-ethyl adjacent to an activating group) is 1. The first-order chi connectivity index (χ1) is 8.70. The highest BCUT2D eigenvalue weighted by molar-refractivity contribution is 5.24. The summed E-state index contributed by atoms with van der Waals surface area (Å²) >= 11 is 0. The lowest BCUT2D eigenvalue weighted by molar-refractivity contribution is 0.0950. The molecule has 0 aliphatic carbocycles. The molecule has 1 aliphatic heterocycles. The van der Waals surface area contributed by atoms with Crippen LogP contribution < -0.4 is 0 Å². The van der Waals surface area contributed by atoms with Gasteiger partial charge in [0, 0.05) is 19.2 Å². The van der Waals surface area contributed by atoms with Gasteiger partial charge in [0.1, 0.15) is 0 Å². The van der Waals surface area contributed by atoms with Crippen LogP contribution in [0.2, 0.25) is 0 Å². The van der Waals surface area contributed by atoms with Gasteiger partial charge in [0.05, 0.1) is 12.7 Å². The zero-order valence-electron chi connectivity index (χ0n) is 11.3. The van der Waals surface area contributed by atoms with Gasteiger partial charge < -0.3 is 9.84 Å². The Hall–Kier alpha value is -0.900. The lowest BCUT2D eigenvalue weighted by atomic mass is 10.0. The van der Waals surface area contributed by atoms with Gasteiger partial charge in [-0.15, -0.1) is 0 Å². The van der Waals surface area contributed by atoms with E-state index in [2.05, 4.69) is 31.0 Å². The van der Waals surface area contributed by atoms with Crippen molar-refractivity contribution in [3.05, 3.63) is 35.4 Å². The van der Waals surface area contributed by atoms with Crippen LogP contribution in [0.15, 0.2) is 24.3 Å². The summed E-state index contributed by atoms with van der Waals surface area (Å²) in [5, 5.41) is 10.2. The molecule has 2 unspecified atom stereocenters. The van der Waals surface area contributed by atoms with Gasteiger partial charge in [-0.25, -0.2) is 0 Å². The molecule has 0 bridgehead atoms. The second-order valence-electron chi connectivity index (χ2n) is 5.07. The molecule has 1 heterocycles. The molecular formula is C15H23NO2. The number of benzene rings is 1. The van der Waals surface area contributed by atoms with Gasteiger partial charge in [-0.05, 0) is 31.0 Å². The van der Waals surface area contributed by atoms with E-state index in [-0.39, 0.29) is 0 Å². The Bertz CT molecular complexity index is 357. The Morgan fingerprint density at radius 2 is 2.11 bits per heavy atom. The number of aliphatic hydroxyl groups is 1. The average Bonchev–Trinajstić information content (AvgIpc) is 2.92. The molecule has 2 rings (SSSR count). The summed E-state index contributed by atoms with van der Waals surface area (Å²) in [6, 6.07) is 8.70. The number of rotatable bonds is 5. The second-order valence-corrected chi connectivity index (χ2v) is 5.07. The summed E-state index contributed by atoms with van der Waals surface area (Å²) < 4.78 is 5.37. The van der Waals surface area contributed by atoms with Gasteiger partial charge in [0.25, 0.3) is 0 Å².